The van der Waals surface area contributed by atoms with Crippen LogP contribution in [0.15, 0.2) is 90.0 Å². The zero-order valence-electron chi connectivity index (χ0n) is 16.7. The minimum Gasteiger partial charge on any atom is -0.489 e. The van der Waals surface area contributed by atoms with Crippen LogP contribution < -0.4 is 4.74 Å². The van der Waals surface area contributed by atoms with E-state index in [-0.39, 0.29) is 4.90 Å². The summed E-state index contributed by atoms with van der Waals surface area (Å²) in [6.07, 6.45) is 2.49. The van der Waals surface area contributed by atoms with Crippen molar-refractivity contribution in [2.24, 2.45) is 0 Å². The number of benzene rings is 3. The molecule has 0 aliphatic heterocycles. The second-order valence-corrected chi connectivity index (χ2v) is 9.40. The lowest BCUT2D eigenvalue weighted by molar-refractivity contribution is 0.306. The fraction of sp³-hybridized carbons (Fsp3) is 0.0833. The number of hydrogen-bond acceptors (Lipinski definition) is 5. The first-order valence-corrected chi connectivity index (χ1v) is 11.8. The average Bonchev–Trinajstić information content (AvgIpc) is 2.78. The van der Waals surface area contributed by atoms with Crippen molar-refractivity contribution < 1.29 is 13.2 Å². The molecule has 0 atom stereocenters. The summed E-state index contributed by atoms with van der Waals surface area (Å²) < 4.78 is 30.3. The third-order valence-corrected chi connectivity index (χ3v) is 5.98. The van der Waals surface area contributed by atoms with Crippen molar-refractivity contribution >= 4 is 21.4 Å². The second kappa shape index (κ2) is 8.88. The Hall–Kier alpha value is -3.22. The molecule has 0 amide bonds. The number of hydrogen-bond donors (Lipinski definition) is 0. The maximum atomic E-state index is 12.3. The molecular formula is C24H19ClN2O3S. The lowest BCUT2D eigenvalue weighted by Crippen LogP contribution is -2.04. The maximum absolute atomic E-state index is 12.3. The summed E-state index contributed by atoms with van der Waals surface area (Å²) in [5.41, 5.74) is 2.83. The number of rotatable bonds is 6. The van der Waals surface area contributed by atoms with E-state index in [1.54, 1.807) is 24.3 Å². The standard InChI is InChI=1S/C24H19ClN2O3S/c1-31(28,29)22-15-26-24(27-23(22)18-7-11-20(25)12-8-18)19-9-13-21(14-10-19)30-16-17-5-3-2-4-6-17/h2-15H,16H2,1H3. The summed E-state index contributed by atoms with van der Waals surface area (Å²) in [5.74, 6) is 1.14. The number of sulfone groups is 1. The maximum Gasteiger partial charge on any atom is 0.179 e. The summed E-state index contributed by atoms with van der Waals surface area (Å²) in [4.78, 5) is 8.91. The molecule has 0 bridgehead atoms. The highest BCUT2D eigenvalue weighted by Gasteiger charge is 2.18. The van der Waals surface area contributed by atoms with Crippen molar-refractivity contribution in [3.63, 3.8) is 0 Å². The summed E-state index contributed by atoms with van der Waals surface area (Å²) in [6.45, 7) is 0.473. The Labute approximate surface area is 186 Å². The van der Waals surface area contributed by atoms with Gasteiger partial charge in [-0.2, -0.15) is 0 Å². The molecule has 1 heterocycles. The molecule has 156 valence electrons. The van der Waals surface area contributed by atoms with Crippen LogP contribution in [-0.4, -0.2) is 24.6 Å². The second-order valence-electron chi connectivity index (χ2n) is 6.98. The van der Waals surface area contributed by atoms with E-state index in [9.17, 15) is 8.42 Å². The number of ether oxygens (including phenoxy) is 1. The van der Waals surface area contributed by atoms with Gasteiger partial charge in [0, 0.05) is 22.4 Å². The van der Waals surface area contributed by atoms with Crippen LogP contribution in [0, 0.1) is 0 Å². The summed E-state index contributed by atoms with van der Waals surface area (Å²) in [6, 6.07) is 24.2. The molecule has 0 radical (unpaired) electrons. The molecule has 3 aromatic carbocycles. The first-order chi connectivity index (χ1) is 14.9. The molecule has 0 unspecified atom stereocenters. The predicted molar refractivity (Wildman–Crippen MR) is 122 cm³/mol. The molecule has 0 aliphatic carbocycles. The summed E-state index contributed by atoms with van der Waals surface area (Å²) >= 11 is 5.97. The zero-order chi connectivity index (χ0) is 21.8. The molecule has 0 saturated heterocycles. The van der Waals surface area contributed by atoms with Gasteiger partial charge in [0.2, 0.25) is 0 Å². The monoisotopic (exact) mass is 450 g/mol. The van der Waals surface area contributed by atoms with E-state index in [1.165, 1.54) is 6.20 Å². The Morgan fingerprint density at radius 2 is 1.52 bits per heavy atom. The average molecular weight is 451 g/mol. The third kappa shape index (κ3) is 5.10. The van der Waals surface area contributed by atoms with Crippen LogP contribution in [0.5, 0.6) is 5.75 Å². The minimum absolute atomic E-state index is 0.0707. The lowest BCUT2D eigenvalue weighted by atomic mass is 10.1. The molecule has 0 saturated carbocycles. The molecule has 0 aliphatic rings. The number of halogens is 1. The molecule has 4 rings (SSSR count). The third-order valence-electron chi connectivity index (χ3n) is 4.63. The van der Waals surface area contributed by atoms with Gasteiger partial charge in [-0.3, -0.25) is 0 Å². The molecule has 0 N–H and O–H groups in total. The van der Waals surface area contributed by atoms with Gasteiger partial charge < -0.3 is 4.74 Å². The van der Waals surface area contributed by atoms with Gasteiger partial charge in [-0.1, -0.05) is 54.1 Å². The molecular weight excluding hydrogens is 432 g/mol. The van der Waals surface area contributed by atoms with Crippen LogP contribution in [-0.2, 0) is 16.4 Å². The quantitative estimate of drug-likeness (QED) is 0.391. The molecule has 1 aromatic heterocycles. The molecule has 31 heavy (non-hydrogen) atoms. The van der Waals surface area contributed by atoms with Crippen LogP contribution in [0.25, 0.3) is 22.6 Å². The van der Waals surface area contributed by atoms with Gasteiger partial charge in [0.25, 0.3) is 0 Å². The Morgan fingerprint density at radius 3 is 2.16 bits per heavy atom. The van der Waals surface area contributed by atoms with Gasteiger partial charge in [0.1, 0.15) is 17.3 Å². The Morgan fingerprint density at radius 1 is 0.871 bits per heavy atom. The van der Waals surface area contributed by atoms with E-state index in [2.05, 4.69) is 9.97 Å². The van der Waals surface area contributed by atoms with Crippen molar-refractivity contribution in [3.8, 4) is 28.4 Å². The van der Waals surface area contributed by atoms with Crippen molar-refractivity contribution in [2.45, 2.75) is 11.5 Å². The normalized spacial score (nSPS) is 11.3. The fourth-order valence-corrected chi connectivity index (χ4v) is 3.92. The largest absolute Gasteiger partial charge is 0.489 e. The number of aromatic nitrogens is 2. The Balaban J connectivity index is 1.63. The van der Waals surface area contributed by atoms with Gasteiger partial charge >= 0.3 is 0 Å². The van der Waals surface area contributed by atoms with Gasteiger partial charge in [-0.25, -0.2) is 18.4 Å². The van der Waals surface area contributed by atoms with Crippen LogP contribution in [0.1, 0.15) is 5.56 Å². The van der Waals surface area contributed by atoms with Crippen molar-refractivity contribution in [3.05, 3.63) is 95.6 Å². The van der Waals surface area contributed by atoms with Crippen molar-refractivity contribution in [1.82, 2.24) is 9.97 Å². The first kappa shape index (κ1) is 21.0. The highest BCUT2D eigenvalue weighted by molar-refractivity contribution is 7.90. The molecule has 0 spiro atoms. The van der Waals surface area contributed by atoms with Gasteiger partial charge in [0.05, 0.1) is 11.9 Å². The first-order valence-electron chi connectivity index (χ1n) is 9.50. The molecule has 7 heteroatoms. The summed E-state index contributed by atoms with van der Waals surface area (Å²) in [7, 11) is -3.51. The van der Waals surface area contributed by atoms with Crippen LogP contribution >= 0.6 is 11.6 Å². The lowest BCUT2D eigenvalue weighted by Gasteiger charge is -2.10. The van der Waals surface area contributed by atoms with E-state index in [1.807, 2.05) is 54.6 Å². The van der Waals surface area contributed by atoms with Crippen LogP contribution in [0.2, 0.25) is 5.02 Å². The molecule has 5 nitrogen and oxygen atoms in total. The zero-order valence-corrected chi connectivity index (χ0v) is 18.3. The van der Waals surface area contributed by atoms with Crippen LogP contribution in [0.4, 0.5) is 0 Å². The fourth-order valence-electron chi connectivity index (χ4n) is 3.04. The highest BCUT2D eigenvalue weighted by atomic mass is 35.5. The Bertz CT molecular complexity index is 1290. The van der Waals surface area contributed by atoms with E-state index >= 15 is 0 Å². The SMILES string of the molecule is CS(=O)(=O)c1cnc(-c2ccc(OCc3ccccc3)cc2)nc1-c1ccc(Cl)cc1. The topological polar surface area (TPSA) is 69.2 Å². The van der Waals surface area contributed by atoms with Gasteiger partial charge in [-0.05, 0) is 42.0 Å². The number of nitrogens with zero attached hydrogens (tertiary/aromatic N) is 2. The van der Waals surface area contributed by atoms with E-state index in [0.29, 0.717) is 28.7 Å². The minimum atomic E-state index is -3.51. The van der Waals surface area contributed by atoms with E-state index < -0.39 is 9.84 Å². The smallest absolute Gasteiger partial charge is 0.179 e. The predicted octanol–water partition coefficient (Wildman–Crippen LogP) is 5.45. The summed E-state index contributed by atoms with van der Waals surface area (Å²) in [5, 5.41) is 0.560. The highest BCUT2D eigenvalue weighted by Crippen LogP contribution is 2.29. The van der Waals surface area contributed by atoms with Gasteiger partial charge in [0.15, 0.2) is 15.7 Å². The molecule has 0 fully saturated rings. The van der Waals surface area contributed by atoms with Crippen LogP contribution in [0.3, 0.4) is 0 Å². The van der Waals surface area contributed by atoms with Gasteiger partial charge in [-0.15, -0.1) is 0 Å². The van der Waals surface area contributed by atoms with E-state index in [4.69, 9.17) is 16.3 Å². The Kier molecular flexibility index (Phi) is 6.02. The van der Waals surface area contributed by atoms with E-state index in [0.717, 1.165) is 23.1 Å². The van der Waals surface area contributed by atoms with Crippen molar-refractivity contribution in [2.75, 3.05) is 6.26 Å². The van der Waals surface area contributed by atoms with Crippen molar-refractivity contribution in [1.29, 1.82) is 0 Å². The molecule has 4 aromatic rings.